The van der Waals surface area contributed by atoms with E-state index in [1.54, 1.807) is 0 Å². The molecule has 0 bridgehead atoms. The van der Waals surface area contributed by atoms with Gasteiger partial charge in [-0.3, -0.25) is 15.4 Å². The second-order valence-electron chi connectivity index (χ2n) is 8.00. The Balaban J connectivity index is 1.72. The predicted molar refractivity (Wildman–Crippen MR) is 103 cm³/mol. The third-order valence-electron chi connectivity index (χ3n) is 5.32. The molecule has 0 radical (unpaired) electrons. The highest BCUT2D eigenvalue weighted by molar-refractivity contribution is 5.82. The fourth-order valence-electron chi connectivity index (χ4n) is 3.79. The molecule has 3 unspecified atom stereocenters. The van der Waals surface area contributed by atoms with Crippen molar-refractivity contribution in [2.24, 2.45) is 5.92 Å². The maximum atomic E-state index is 12.2. The molecular weight excluding hydrogens is 344 g/mol. The Kier molecular flexibility index (Phi) is 4.49. The number of rotatable bonds is 4. The molecular formula is C19H26N6O2. The van der Waals surface area contributed by atoms with Crippen LogP contribution in [0.4, 0.5) is 5.82 Å². The van der Waals surface area contributed by atoms with Gasteiger partial charge in [0.1, 0.15) is 5.82 Å². The molecule has 0 saturated carbocycles. The number of benzene rings is 1. The van der Waals surface area contributed by atoms with Gasteiger partial charge < -0.3 is 15.7 Å². The number of aryl methyl sites for hydroxylation is 1. The number of hydrogen-bond donors (Lipinski definition) is 5. The minimum atomic E-state index is -0.495. The van der Waals surface area contributed by atoms with Gasteiger partial charge >= 0.3 is 0 Å². The number of para-hydroxylation sites is 1. The standard InChI is InChI=1S/C19H26N6O2/c1-10-16(25-19(2,3)8-26)24-15-11(5-4-6-13(15)22-10)14-7-12-17(23-14)20-9-21-18(12)27/h4-6,12,14,17,20,23,26H,7-9H2,1-3H3,(H,21,27)(H,24,25). The Bertz CT molecular complexity index is 884. The second kappa shape index (κ2) is 6.70. The first-order chi connectivity index (χ1) is 12.9. The van der Waals surface area contributed by atoms with E-state index in [1.165, 1.54) is 0 Å². The van der Waals surface area contributed by atoms with Gasteiger partial charge in [-0.05, 0) is 38.8 Å². The van der Waals surface area contributed by atoms with Crippen LogP contribution in [0, 0.1) is 12.8 Å². The van der Waals surface area contributed by atoms with Gasteiger partial charge in [0.05, 0.1) is 47.6 Å². The Morgan fingerprint density at radius 1 is 1.33 bits per heavy atom. The van der Waals surface area contributed by atoms with Crippen LogP contribution in [-0.4, -0.2) is 46.0 Å². The van der Waals surface area contributed by atoms with Crippen molar-refractivity contribution in [3.63, 3.8) is 0 Å². The van der Waals surface area contributed by atoms with Crippen molar-refractivity contribution in [2.45, 2.75) is 44.9 Å². The highest BCUT2D eigenvalue weighted by Crippen LogP contribution is 2.35. The van der Waals surface area contributed by atoms with Crippen molar-refractivity contribution in [1.29, 1.82) is 0 Å². The molecule has 27 heavy (non-hydrogen) atoms. The molecule has 2 aliphatic heterocycles. The average Bonchev–Trinajstić information content (AvgIpc) is 3.07. The van der Waals surface area contributed by atoms with Crippen molar-refractivity contribution in [3.05, 3.63) is 29.5 Å². The quantitative estimate of drug-likeness (QED) is 0.541. The van der Waals surface area contributed by atoms with Crippen LogP contribution in [-0.2, 0) is 4.79 Å². The lowest BCUT2D eigenvalue weighted by Crippen LogP contribution is -2.56. The third kappa shape index (κ3) is 3.36. The summed E-state index contributed by atoms with van der Waals surface area (Å²) in [6.07, 6.45) is 0.687. The predicted octanol–water partition coefficient (Wildman–Crippen LogP) is 0.775. The molecule has 2 saturated heterocycles. The van der Waals surface area contributed by atoms with Crippen LogP contribution in [0.1, 0.15) is 37.6 Å². The zero-order valence-electron chi connectivity index (χ0n) is 15.8. The van der Waals surface area contributed by atoms with Crippen molar-refractivity contribution in [2.75, 3.05) is 18.6 Å². The molecule has 2 fully saturated rings. The van der Waals surface area contributed by atoms with E-state index in [1.807, 2.05) is 39.0 Å². The average molecular weight is 370 g/mol. The van der Waals surface area contributed by atoms with Crippen LogP contribution in [0.5, 0.6) is 0 Å². The molecule has 3 heterocycles. The van der Waals surface area contributed by atoms with E-state index in [0.717, 1.165) is 22.3 Å². The SMILES string of the molecule is Cc1nc2cccc(C3CC4C(=O)NCNC4N3)c2nc1NC(C)(C)CO. The summed E-state index contributed by atoms with van der Waals surface area (Å²) in [6, 6.07) is 6.00. The van der Waals surface area contributed by atoms with Gasteiger partial charge in [-0.1, -0.05) is 12.1 Å². The van der Waals surface area contributed by atoms with Crippen LogP contribution < -0.4 is 21.3 Å². The number of hydrogen-bond acceptors (Lipinski definition) is 7. The van der Waals surface area contributed by atoms with Gasteiger partial charge in [-0.25, -0.2) is 9.97 Å². The maximum absolute atomic E-state index is 12.2. The molecule has 0 spiro atoms. The lowest BCUT2D eigenvalue weighted by atomic mass is 9.96. The summed E-state index contributed by atoms with van der Waals surface area (Å²) in [5.41, 5.74) is 2.97. The van der Waals surface area contributed by atoms with E-state index in [2.05, 4.69) is 21.3 Å². The van der Waals surface area contributed by atoms with E-state index < -0.39 is 5.54 Å². The van der Waals surface area contributed by atoms with E-state index >= 15 is 0 Å². The highest BCUT2D eigenvalue weighted by Gasteiger charge is 2.41. The third-order valence-corrected chi connectivity index (χ3v) is 5.32. The number of amides is 1. The first-order valence-corrected chi connectivity index (χ1v) is 9.31. The summed E-state index contributed by atoms with van der Waals surface area (Å²) in [4.78, 5) is 21.7. The minimum absolute atomic E-state index is 0.0118. The molecule has 8 nitrogen and oxygen atoms in total. The number of carbonyl (C=O) groups is 1. The van der Waals surface area contributed by atoms with E-state index in [9.17, 15) is 9.90 Å². The van der Waals surface area contributed by atoms with Gasteiger partial charge in [0, 0.05) is 6.04 Å². The lowest BCUT2D eigenvalue weighted by molar-refractivity contribution is -0.127. The lowest BCUT2D eigenvalue weighted by Gasteiger charge is -2.26. The zero-order valence-corrected chi connectivity index (χ0v) is 15.8. The molecule has 2 aromatic rings. The molecule has 5 N–H and O–H groups in total. The monoisotopic (exact) mass is 370 g/mol. The first kappa shape index (κ1) is 18.1. The molecule has 0 aliphatic carbocycles. The van der Waals surface area contributed by atoms with Gasteiger partial charge in [0.15, 0.2) is 0 Å². The molecule has 4 rings (SSSR count). The second-order valence-corrected chi connectivity index (χ2v) is 8.00. The Labute approximate surface area is 158 Å². The van der Waals surface area contributed by atoms with Crippen molar-refractivity contribution < 1.29 is 9.90 Å². The van der Waals surface area contributed by atoms with Gasteiger partial charge in [0.2, 0.25) is 5.91 Å². The minimum Gasteiger partial charge on any atom is -0.394 e. The number of aromatic nitrogens is 2. The summed E-state index contributed by atoms with van der Waals surface area (Å²) in [5, 5.41) is 22.5. The number of aliphatic hydroxyl groups is 1. The molecule has 2 aliphatic rings. The largest absolute Gasteiger partial charge is 0.394 e. The van der Waals surface area contributed by atoms with Crippen molar-refractivity contribution >= 4 is 22.8 Å². The Morgan fingerprint density at radius 2 is 2.15 bits per heavy atom. The number of nitrogens with zero attached hydrogens (tertiary/aromatic N) is 2. The van der Waals surface area contributed by atoms with Crippen LogP contribution in [0.3, 0.4) is 0 Å². The normalized spacial score (nSPS) is 25.3. The smallest absolute Gasteiger partial charge is 0.227 e. The summed E-state index contributed by atoms with van der Waals surface area (Å²) < 4.78 is 0. The fraction of sp³-hybridized carbons (Fsp3) is 0.526. The van der Waals surface area contributed by atoms with Gasteiger partial charge in [-0.15, -0.1) is 0 Å². The van der Waals surface area contributed by atoms with Crippen LogP contribution in [0.2, 0.25) is 0 Å². The Hall–Kier alpha value is -2.29. The number of fused-ring (bicyclic) bond motifs is 2. The van der Waals surface area contributed by atoms with Crippen molar-refractivity contribution in [3.8, 4) is 0 Å². The molecule has 144 valence electrons. The van der Waals surface area contributed by atoms with Crippen LogP contribution in [0.25, 0.3) is 11.0 Å². The zero-order chi connectivity index (χ0) is 19.2. The molecule has 1 aromatic carbocycles. The molecule has 3 atom stereocenters. The topological polar surface area (TPSA) is 111 Å². The van der Waals surface area contributed by atoms with Gasteiger partial charge in [-0.2, -0.15) is 0 Å². The van der Waals surface area contributed by atoms with E-state index in [0.29, 0.717) is 18.9 Å². The first-order valence-electron chi connectivity index (χ1n) is 9.31. The summed E-state index contributed by atoms with van der Waals surface area (Å²) >= 11 is 0. The fourth-order valence-corrected chi connectivity index (χ4v) is 3.79. The van der Waals surface area contributed by atoms with E-state index in [-0.39, 0.29) is 30.6 Å². The highest BCUT2D eigenvalue weighted by atomic mass is 16.3. The molecule has 1 aromatic heterocycles. The molecule has 8 heteroatoms. The van der Waals surface area contributed by atoms with Crippen LogP contribution in [0.15, 0.2) is 18.2 Å². The van der Waals surface area contributed by atoms with Gasteiger partial charge in [0.25, 0.3) is 0 Å². The number of anilines is 1. The molecule has 1 amide bonds. The van der Waals surface area contributed by atoms with Crippen LogP contribution >= 0.6 is 0 Å². The summed E-state index contributed by atoms with van der Waals surface area (Å²) in [6.45, 7) is 6.21. The summed E-state index contributed by atoms with van der Waals surface area (Å²) in [7, 11) is 0. The number of nitrogens with one attached hydrogen (secondary N) is 4. The Morgan fingerprint density at radius 3 is 2.89 bits per heavy atom. The van der Waals surface area contributed by atoms with Crippen molar-refractivity contribution in [1.82, 2.24) is 25.9 Å². The number of carbonyl (C=O) groups excluding carboxylic acids is 1. The van der Waals surface area contributed by atoms with E-state index in [4.69, 9.17) is 9.97 Å². The number of aliphatic hydroxyl groups excluding tert-OH is 1. The maximum Gasteiger partial charge on any atom is 0.227 e. The summed E-state index contributed by atoms with van der Waals surface area (Å²) in [5.74, 6) is 0.659.